The van der Waals surface area contributed by atoms with Crippen molar-refractivity contribution in [1.82, 2.24) is 14.4 Å². The van der Waals surface area contributed by atoms with E-state index in [4.69, 9.17) is 0 Å². The van der Waals surface area contributed by atoms with Gasteiger partial charge >= 0.3 is 0 Å². The van der Waals surface area contributed by atoms with Gasteiger partial charge in [0.25, 0.3) is 5.91 Å². The molecule has 1 aliphatic rings. The lowest BCUT2D eigenvalue weighted by Crippen LogP contribution is -2.48. The molecular weight excluding hydrogens is 425 g/mol. The number of fused-ring (bicyclic) bond motifs is 1. The van der Waals surface area contributed by atoms with Crippen LogP contribution in [0.5, 0.6) is 0 Å². The first-order valence-electron chi connectivity index (χ1n) is 11.9. The molecule has 1 fully saturated rings. The highest BCUT2D eigenvalue weighted by Gasteiger charge is 2.23. The second-order valence-electron chi connectivity index (χ2n) is 9.17. The van der Waals surface area contributed by atoms with Gasteiger partial charge in [-0.25, -0.2) is 4.39 Å². The van der Waals surface area contributed by atoms with E-state index in [1.807, 2.05) is 35.2 Å². The zero-order chi connectivity index (χ0) is 23.7. The van der Waals surface area contributed by atoms with Crippen LogP contribution in [0, 0.1) is 19.7 Å². The minimum atomic E-state index is -0.167. The van der Waals surface area contributed by atoms with E-state index in [2.05, 4.69) is 53.6 Å². The van der Waals surface area contributed by atoms with E-state index < -0.39 is 0 Å². The van der Waals surface area contributed by atoms with Gasteiger partial charge in [0.2, 0.25) is 0 Å². The van der Waals surface area contributed by atoms with Crippen molar-refractivity contribution >= 4 is 16.8 Å². The summed E-state index contributed by atoms with van der Waals surface area (Å²) in [4.78, 5) is 17.4. The Morgan fingerprint density at radius 1 is 0.853 bits per heavy atom. The lowest BCUT2D eigenvalue weighted by Gasteiger charge is -2.34. The van der Waals surface area contributed by atoms with Crippen LogP contribution in [-0.2, 0) is 13.1 Å². The van der Waals surface area contributed by atoms with Gasteiger partial charge in [-0.15, -0.1) is 0 Å². The van der Waals surface area contributed by atoms with Gasteiger partial charge in [-0.05, 0) is 49.2 Å². The van der Waals surface area contributed by atoms with Crippen LogP contribution in [0.3, 0.4) is 0 Å². The normalized spacial score (nSPS) is 14.6. The second kappa shape index (κ2) is 9.43. The van der Waals surface area contributed by atoms with Gasteiger partial charge in [-0.2, -0.15) is 0 Å². The van der Waals surface area contributed by atoms with E-state index in [1.165, 1.54) is 22.9 Å². The molecule has 2 heterocycles. The summed E-state index contributed by atoms with van der Waals surface area (Å²) in [6, 6.07) is 23.5. The van der Waals surface area contributed by atoms with Crippen molar-refractivity contribution in [3.8, 4) is 0 Å². The molecule has 1 amide bonds. The van der Waals surface area contributed by atoms with Crippen LogP contribution in [0.2, 0.25) is 0 Å². The largest absolute Gasteiger partial charge is 0.340 e. The fourth-order valence-electron chi connectivity index (χ4n) is 4.91. The monoisotopic (exact) mass is 455 g/mol. The lowest BCUT2D eigenvalue weighted by atomic mass is 10.1. The van der Waals surface area contributed by atoms with Gasteiger partial charge < -0.3 is 9.47 Å². The summed E-state index contributed by atoms with van der Waals surface area (Å²) in [7, 11) is 0. The number of aryl methyl sites for hydroxylation is 1. The molecule has 0 spiro atoms. The van der Waals surface area contributed by atoms with Gasteiger partial charge in [-0.3, -0.25) is 9.69 Å². The van der Waals surface area contributed by atoms with Crippen LogP contribution < -0.4 is 0 Å². The van der Waals surface area contributed by atoms with Crippen LogP contribution >= 0.6 is 0 Å². The maximum atomic E-state index is 14.0. The molecule has 1 saturated heterocycles. The molecule has 0 bridgehead atoms. The zero-order valence-electron chi connectivity index (χ0n) is 19.8. The zero-order valence-corrected chi connectivity index (χ0v) is 19.8. The quantitative estimate of drug-likeness (QED) is 0.403. The maximum Gasteiger partial charge on any atom is 0.253 e. The Hall–Kier alpha value is -3.44. The van der Waals surface area contributed by atoms with Crippen molar-refractivity contribution in [3.05, 3.63) is 107 Å². The lowest BCUT2D eigenvalue weighted by molar-refractivity contribution is 0.0627. The summed E-state index contributed by atoms with van der Waals surface area (Å²) in [5.41, 5.74) is 6.30. The fraction of sp³-hybridized carbons (Fsp3) is 0.276. The number of amides is 1. The number of aromatic nitrogens is 1. The summed E-state index contributed by atoms with van der Waals surface area (Å²) in [6.07, 6.45) is 0. The van der Waals surface area contributed by atoms with Crippen LogP contribution in [0.1, 0.15) is 32.7 Å². The van der Waals surface area contributed by atoms with E-state index in [-0.39, 0.29) is 11.7 Å². The molecular formula is C29H30FN3O. The third kappa shape index (κ3) is 4.36. The van der Waals surface area contributed by atoms with Crippen molar-refractivity contribution in [1.29, 1.82) is 0 Å². The first-order valence-corrected chi connectivity index (χ1v) is 11.9. The predicted molar refractivity (Wildman–Crippen MR) is 135 cm³/mol. The molecule has 1 aliphatic heterocycles. The smallest absolute Gasteiger partial charge is 0.253 e. The van der Waals surface area contributed by atoms with E-state index >= 15 is 0 Å². The molecule has 5 rings (SSSR count). The molecule has 0 unspecified atom stereocenters. The SMILES string of the molecule is Cc1c(C)n(Cc2ccccc2)c2ccc(C(=O)N3CCN(Cc4ccccc4F)CC3)cc12. The minimum absolute atomic E-state index is 0.0697. The Labute approximate surface area is 200 Å². The summed E-state index contributed by atoms with van der Waals surface area (Å²) >= 11 is 0. The number of rotatable bonds is 5. The maximum absolute atomic E-state index is 14.0. The Bertz CT molecular complexity index is 1320. The Kier molecular flexibility index (Phi) is 6.20. The number of hydrogen-bond donors (Lipinski definition) is 0. The molecule has 0 aliphatic carbocycles. The average Bonchev–Trinajstić information content (AvgIpc) is 3.10. The van der Waals surface area contributed by atoms with Crippen molar-refractivity contribution in [2.24, 2.45) is 0 Å². The number of piperazine rings is 1. The number of halogens is 1. The summed E-state index contributed by atoms with van der Waals surface area (Å²) < 4.78 is 16.3. The fourth-order valence-corrected chi connectivity index (χ4v) is 4.91. The average molecular weight is 456 g/mol. The van der Waals surface area contributed by atoms with Crippen LogP contribution in [0.4, 0.5) is 4.39 Å². The molecule has 0 radical (unpaired) electrons. The second-order valence-corrected chi connectivity index (χ2v) is 9.17. The summed E-state index contributed by atoms with van der Waals surface area (Å²) in [6.45, 7) is 8.46. The van der Waals surface area contributed by atoms with Crippen LogP contribution in [-0.4, -0.2) is 46.5 Å². The van der Waals surface area contributed by atoms with E-state index in [1.54, 1.807) is 6.07 Å². The Morgan fingerprint density at radius 2 is 1.56 bits per heavy atom. The highest BCUT2D eigenvalue weighted by atomic mass is 19.1. The van der Waals surface area contributed by atoms with E-state index in [0.29, 0.717) is 25.2 Å². The van der Waals surface area contributed by atoms with Crippen LogP contribution in [0.25, 0.3) is 10.9 Å². The summed E-state index contributed by atoms with van der Waals surface area (Å²) in [5.74, 6) is -0.0977. The third-order valence-corrected chi connectivity index (χ3v) is 7.08. The van der Waals surface area contributed by atoms with Gasteiger partial charge in [-0.1, -0.05) is 48.5 Å². The first kappa shape index (κ1) is 22.4. The molecule has 0 saturated carbocycles. The predicted octanol–water partition coefficient (Wildman–Crippen LogP) is 5.40. The molecule has 174 valence electrons. The van der Waals surface area contributed by atoms with E-state index in [0.717, 1.165) is 36.1 Å². The van der Waals surface area contributed by atoms with Crippen molar-refractivity contribution in [2.75, 3.05) is 26.2 Å². The van der Waals surface area contributed by atoms with Crippen molar-refractivity contribution in [3.63, 3.8) is 0 Å². The molecule has 0 N–H and O–H groups in total. The number of nitrogens with zero attached hydrogens (tertiary/aromatic N) is 3. The number of carbonyl (C=O) groups is 1. The number of hydrogen-bond acceptors (Lipinski definition) is 2. The van der Waals surface area contributed by atoms with Crippen molar-refractivity contribution in [2.45, 2.75) is 26.9 Å². The van der Waals surface area contributed by atoms with Gasteiger partial charge in [0.15, 0.2) is 0 Å². The molecule has 1 aromatic heterocycles. The van der Waals surface area contributed by atoms with E-state index in [9.17, 15) is 9.18 Å². The highest BCUT2D eigenvalue weighted by molar-refractivity contribution is 5.99. The summed E-state index contributed by atoms with van der Waals surface area (Å²) in [5, 5.41) is 1.14. The highest BCUT2D eigenvalue weighted by Crippen LogP contribution is 2.28. The van der Waals surface area contributed by atoms with Gasteiger partial charge in [0.1, 0.15) is 5.82 Å². The molecule has 4 nitrogen and oxygen atoms in total. The first-order chi connectivity index (χ1) is 16.5. The third-order valence-electron chi connectivity index (χ3n) is 7.08. The van der Waals surface area contributed by atoms with Crippen LogP contribution in [0.15, 0.2) is 72.8 Å². The van der Waals surface area contributed by atoms with Gasteiger partial charge in [0.05, 0.1) is 0 Å². The molecule has 34 heavy (non-hydrogen) atoms. The minimum Gasteiger partial charge on any atom is -0.340 e. The number of carbonyl (C=O) groups excluding carboxylic acids is 1. The number of benzene rings is 3. The molecule has 5 heteroatoms. The standard InChI is InChI=1S/C29H30FN3O/c1-21-22(2)33(19-23-8-4-3-5-9-23)28-13-12-24(18-26(21)28)29(34)32-16-14-31(15-17-32)20-25-10-6-7-11-27(25)30/h3-13,18H,14-17,19-20H2,1-2H3. The Morgan fingerprint density at radius 3 is 2.29 bits per heavy atom. The van der Waals surface area contributed by atoms with Crippen molar-refractivity contribution < 1.29 is 9.18 Å². The molecule has 4 aromatic rings. The Balaban J connectivity index is 1.30. The molecule has 3 aromatic carbocycles. The topological polar surface area (TPSA) is 28.5 Å². The van der Waals surface area contributed by atoms with Gasteiger partial charge in [0, 0.05) is 67.0 Å². The molecule has 0 atom stereocenters.